The van der Waals surface area contributed by atoms with Gasteiger partial charge < -0.3 is 5.32 Å². The van der Waals surface area contributed by atoms with Gasteiger partial charge in [-0.3, -0.25) is 9.48 Å². The van der Waals surface area contributed by atoms with Crippen LogP contribution >= 0.6 is 11.3 Å². The molecule has 6 heteroatoms. The number of rotatable bonds is 2. The molecule has 0 atom stereocenters. The van der Waals surface area contributed by atoms with Crippen LogP contribution in [-0.2, 0) is 7.05 Å². The number of benzene rings is 1. The van der Waals surface area contributed by atoms with Crippen molar-refractivity contribution in [1.82, 2.24) is 14.8 Å². The van der Waals surface area contributed by atoms with E-state index in [1.54, 1.807) is 22.5 Å². The lowest BCUT2D eigenvalue weighted by Gasteiger charge is -2.03. The van der Waals surface area contributed by atoms with Gasteiger partial charge in [0.1, 0.15) is 0 Å². The molecular formula is C12H10N4OS. The Morgan fingerprint density at radius 3 is 3.11 bits per heavy atom. The van der Waals surface area contributed by atoms with Crippen molar-refractivity contribution in [2.45, 2.75) is 0 Å². The van der Waals surface area contributed by atoms with Crippen molar-refractivity contribution >= 4 is 33.8 Å². The Bertz CT molecular complexity index is 702. The number of carbonyl (C=O) groups excluding carboxylic acids is 1. The molecule has 1 aromatic carbocycles. The van der Waals surface area contributed by atoms with Crippen molar-refractivity contribution in [3.05, 3.63) is 41.0 Å². The largest absolute Gasteiger partial charge is 0.320 e. The third kappa shape index (κ3) is 1.86. The number of nitrogens with one attached hydrogen (secondary N) is 1. The summed E-state index contributed by atoms with van der Waals surface area (Å²) in [4.78, 5) is 15.8. The minimum absolute atomic E-state index is 0.188. The molecule has 3 rings (SSSR count). The zero-order chi connectivity index (χ0) is 12.5. The van der Waals surface area contributed by atoms with Crippen molar-refractivity contribution in [1.29, 1.82) is 0 Å². The van der Waals surface area contributed by atoms with Crippen LogP contribution in [0.2, 0.25) is 0 Å². The predicted octanol–water partition coefficient (Wildman–Crippen LogP) is 2.28. The molecule has 90 valence electrons. The standard InChI is InChI=1S/C12H10N4OS/c1-16-10-6-9(3-2-8(10)7-14-16)15-11(17)12-13-4-5-18-12/h2-7H,1H3,(H,15,17). The van der Waals surface area contributed by atoms with E-state index in [-0.39, 0.29) is 5.91 Å². The Labute approximate surface area is 107 Å². The third-order valence-corrected chi connectivity index (χ3v) is 3.41. The normalized spacial score (nSPS) is 10.7. The minimum atomic E-state index is -0.188. The van der Waals surface area contributed by atoms with Gasteiger partial charge in [-0.15, -0.1) is 11.3 Å². The number of carbonyl (C=O) groups is 1. The van der Waals surface area contributed by atoms with Gasteiger partial charge in [0.25, 0.3) is 5.91 Å². The van der Waals surface area contributed by atoms with Gasteiger partial charge in [-0.1, -0.05) is 0 Å². The molecule has 0 aliphatic heterocycles. The average Bonchev–Trinajstić information content (AvgIpc) is 3.00. The molecule has 0 fully saturated rings. The van der Waals surface area contributed by atoms with Gasteiger partial charge in [0.2, 0.25) is 0 Å². The summed E-state index contributed by atoms with van der Waals surface area (Å²) in [6, 6.07) is 5.68. The van der Waals surface area contributed by atoms with Gasteiger partial charge in [-0.2, -0.15) is 5.10 Å². The quantitative estimate of drug-likeness (QED) is 0.767. The molecule has 0 saturated carbocycles. The number of anilines is 1. The van der Waals surface area contributed by atoms with Crippen molar-refractivity contribution in [2.24, 2.45) is 7.05 Å². The number of nitrogens with zero attached hydrogens (tertiary/aromatic N) is 3. The molecule has 1 N–H and O–H groups in total. The first-order valence-corrected chi connectivity index (χ1v) is 6.24. The topological polar surface area (TPSA) is 59.8 Å². The predicted molar refractivity (Wildman–Crippen MR) is 70.8 cm³/mol. The maximum atomic E-state index is 11.8. The number of hydrogen-bond donors (Lipinski definition) is 1. The van der Waals surface area contributed by atoms with Crippen LogP contribution < -0.4 is 5.32 Å². The second-order valence-corrected chi connectivity index (χ2v) is 4.73. The van der Waals surface area contributed by atoms with Crippen molar-refractivity contribution in [2.75, 3.05) is 5.32 Å². The number of amides is 1. The third-order valence-electron chi connectivity index (χ3n) is 2.63. The Balaban J connectivity index is 1.91. The summed E-state index contributed by atoms with van der Waals surface area (Å²) in [6.45, 7) is 0. The highest BCUT2D eigenvalue weighted by atomic mass is 32.1. The lowest BCUT2D eigenvalue weighted by molar-refractivity contribution is 0.102. The Morgan fingerprint density at radius 2 is 2.33 bits per heavy atom. The molecule has 0 unspecified atom stereocenters. The summed E-state index contributed by atoms with van der Waals surface area (Å²) >= 11 is 1.32. The van der Waals surface area contributed by atoms with E-state index in [4.69, 9.17) is 0 Å². The van der Waals surface area contributed by atoms with Crippen LogP contribution in [0.5, 0.6) is 0 Å². The molecule has 1 amide bonds. The summed E-state index contributed by atoms with van der Waals surface area (Å²) in [6.07, 6.45) is 3.41. The molecule has 0 spiro atoms. The van der Waals surface area contributed by atoms with Crippen LogP contribution in [0.15, 0.2) is 36.0 Å². The van der Waals surface area contributed by atoms with Gasteiger partial charge in [0.05, 0.1) is 11.7 Å². The van der Waals surface area contributed by atoms with Crippen LogP contribution in [0, 0.1) is 0 Å². The SMILES string of the molecule is Cn1ncc2ccc(NC(=O)c3nccs3)cc21. The highest BCUT2D eigenvalue weighted by Crippen LogP contribution is 2.19. The minimum Gasteiger partial charge on any atom is -0.320 e. The van der Waals surface area contributed by atoms with Crippen LogP contribution in [0.3, 0.4) is 0 Å². The molecule has 18 heavy (non-hydrogen) atoms. The smallest absolute Gasteiger partial charge is 0.284 e. The van der Waals surface area contributed by atoms with E-state index in [0.717, 1.165) is 16.6 Å². The fraction of sp³-hybridized carbons (Fsp3) is 0.0833. The van der Waals surface area contributed by atoms with Crippen LogP contribution in [-0.4, -0.2) is 20.7 Å². The highest BCUT2D eigenvalue weighted by Gasteiger charge is 2.09. The summed E-state index contributed by atoms with van der Waals surface area (Å²) < 4.78 is 1.77. The first-order chi connectivity index (χ1) is 8.74. The molecule has 0 saturated heterocycles. The second kappa shape index (κ2) is 4.23. The Kier molecular flexibility index (Phi) is 2.56. The molecule has 0 radical (unpaired) electrons. The lowest BCUT2D eigenvalue weighted by atomic mass is 10.2. The molecule has 0 aliphatic rings. The van der Waals surface area contributed by atoms with E-state index in [1.165, 1.54) is 11.3 Å². The lowest BCUT2D eigenvalue weighted by Crippen LogP contribution is -2.11. The molecule has 3 aromatic rings. The van der Waals surface area contributed by atoms with Crippen molar-refractivity contribution in [3.63, 3.8) is 0 Å². The van der Waals surface area contributed by atoms with E-state index >= 15 is 0 Å². The monoisotopic (exact) mass is 258 g/mol. The zero-order valence-corrected chi connectivity index (χ0v) is 10.4. The molecule has 0 aliphatic carbocycles. The van der Waals surface area contributed by atoms with E-state index in [0.29, 0.717) is 5.01 Å². The van der Waals surface area contributed by atoms with Crippen molar-refractivity contribution < 1.29 is 4.79 Å². The Hall–Kier alpha value is -2.21. The number of fused-ring (bicyclic) bond motifs is 1. The van der Waals surface area contributed by atoms with Crippen molar-refractivity contribution in [3.8, 4) is 0 Å². The molecule has 5 nitrogen and oxygen atoms in total. The summed E-state index contributed by atoms with van der Waals surface area (Å²) in [5, 5.41) is 10.3. The molecule has 2 aromatic heterocycles. The summed E-state index contributed by atoms with van der Waals surface area (Å²) in [5.41, 5.74) is 1.72. The van der Waals surface area contributed by atoms with E-state index in [9.17, 15) is 4.79 Å². The number of aryl methyl sites for hydroxylation is 1. The first kappa shape index (κ1) is 10.9. The van der Waals surface area contributed by atoms with Gasteiger partial charge in [-0.25, -0.2) is 4.98 Å². The second-order valence-electron chi connectivity index (χ2n) is 3.83. The maximum absolute atomic E-state index is 11.8. The van der Waals surface area contributed by atoms with E-state index < -0.39 is 0 Å². The Morgan fingerprint density at radius 1 is 1.44 bits per heavy atom. The van der Waals surface area contributed by atoms with Gasteiger partial charge >= 0.3 is 0 Å². The first-order valence-electron chi connectivity index (χ1n) is 5.36. The highest BCUT2D eigenvalue weighted by molar-refractivity contribution is 7.11. The van der Waals surface area contributed by atoms with Crippen LogP contribution in [0.1, 0.15) is 9.80 Å². The molecular weight excluding hydrogens is 248 g/mol. The fourth-order valence-electron chi connectivity index (χ4n) is 1.74. The number of thiazole rings is 1. The van der Waals surface area contributed by atoms with E-state index in [1.807, 2.05) is 25.2 Å². The summed E-state index contributed by atoms with van der Waals surface area (Å²) in [7, 11) is 1.87. The van der Waals surface area contributed by atoms with Crippen LogP contribution in [0.4, 0.5) is 5.69 Å². The van der Waals surface area contributed by atoms with Gasteiger partial charge in [0.15, 0.2) is 5.01 Å². The summed E-state index contributed by atoms with van der Waals surface area (Å²) in [5.74, 6) is -0.188. The molecule has 0 bridgehead atoms. The van der Waals surface area contributed by atoms with Crippen LogP contribution in [0.25, 0.3) is 10.9 Å². The van der Waals surface area contributed by atoms with E-state index in [2.05, 4.69) is 15.4 Å². The fourth-order valence-corrected chi connectivity index (χ4v) is 2.27. The van der Waals surface area contributed by atoms with Gasteiger partial charge in [-0.05, 0) is 18.2 Å². The average molecular weight is 258 g/mol. The maximum Gasteiger partial charge on any atom is 0.284 e. The molecule has 2 heterocycles. The van der Waals surface area contributed by atoms with Gasteiger partial charge in [0, 0.05) is 29.7 Å². The number of aromatic nitrogens is 3. The number of hydrogen-bond acceptors (Lipinski definition) is 4. The zero-order valence-electron chi connectivity index (χ0n) is 9.62.